The number of aliphatic carboxylic acids is 1. The molecule has 1 fully saturated rings. The van der Waals surface area contributed by atoms with Gasteiger partial charge in [-0.1, -0.05) is 30.3 Å². The first-order valence-corrected chi connectivity index (χ1v) is 12.4. The predicted octanol–water partition coefficient (Wildman–Crippen LogP) is 2.43. The molecule has 0 radical (unpaired) electrons. The summed E-state index contributed by atoms with van der Waals surface area (Å²) in [5.74, 6) is -4.20. The van der Waals surface area contributed by atoms with Crippen LogP contribution in [-0.2, 0) is 30.3 Å². The van der Waals surface area contributed by atoms with Gasteiger partial charge >= 0.3 is 24.0 Å². The van der Waals surface area contributed by atoms with Crippen LogP contribution in [0.2, 0.25) is 0 Å². The number of nitrogens with zero attached hydrogens (tertiary/aromatic N) is 1. The van der Waals surface area contributed by atoms with Gasteiger partial charge in [-0.2, -0.15) is 13.2 Å². The molecule has 1 aromatic carbocycles. The fourth-order valence-corrected chi connectivity index (χ4v) is 4.25. The third-order valence-corrected chi connectivity index (χ3v) is 6.12. The number of esters is 1. The van der Waals surface area contributed by atoms with Crippen LogP contribution in [-0.4, -0.2) is 77.8 Å². The Hall–Kier alpha value is -3.15. The normalized spacial score (nSPS) is 17.2. The molecule has 0 bridgehead atoms. The summed E-state index contributed by atoms with van der Waals surface area (Å²) in [6.45, 7) is 1.80. The standard InChI is InChI=1S/C25H34F3N3O6/c1-2-37-23(35)19(14-13-17-9-4-3-5-10-17)30-18(11-6-7-15-29-24(36)25(26,27)28)21(32)31-16-8-12-20(31)22(33)34/h3-5,9-10,18-20,30H,2,6-8,11-16H2,1H3,(H,29,36)(H,33,34)/t18-,19-,20-/m0/s1. The molecule has 37 heavy (non-hydrogen) atoms. The molecule has 1 heterocycles. The zero-order chi connectivity index (χ0) is 27.4. The third kappa shape index (κ3) is 9.67. The van der Waals surface area contributed by atoms with E-state index in [-0.39, 0.29) is 39.0 Å². The van der Waals surface area contributed by atoms with Gasteiger partial charge in [0, 0.05) is 13.1 Å². The van der Waals surface area contributed by atoms with E-state index in [1.54, 1.807) is 12.2 Å². The summed E-state index contributed by atoms with van der Waals surface area (Å²) < 4.78 is 42.3. The van der Waals surface area contributed by atoms with Crippen molar-refractivity contribution in [3.8, 4) is 0 Å². The Kier molecular flexibility index (Phi) is 11.8. The first-order valence-electron chi connectivity index (χ1n) is 12.4. The molecule has 2 amide bonds. The number of carboxylic acids is 1. The summed E-state index contributed by atoms with van der Waals surface area (Å²) in [7, 11) is 0. The van der Waals surface area contributed by atoms with E-state index in [4.69, 9.17) is 4.74 Å². The lowest BCUT2D eigenvalue weighted by Crippen LogP contribution is -2.54. The number of likely N-dealkylation sites (tertiary alicyclic amines) is 1. The van der Waals surface area contributed by atoms with Gasteiger partial charge in [-0.15, -0.1) is 0 Å². The fourth-order valence-electron chi connectivity index (χ4n) is 4.25. The van der Waals surface area contributed by atoms with E-state index in [0.717, 1.165) is 5.56 Å². The molecule has 206 valence electrons. The van der Waals surface area contributed by atoms with Crippen LogP contribution < -0.4 is 10.6 Å². The van der Waals surface area contributed by atoms with E-state index in [1.807, 2.05) is 30.3 Å². The van der Waals surface area contributed by atoms with Gasteiger partial charge in [-0.25, -0.2) is 4.79 Å². The summed E-state index contributed by atoms with van der Waals surface area (Å²) in [5.41, 5.74) is 0.979. The number of amides is 2. The van der Waals surface area contributed by atoms with E-state index >= 15 is 0 Å². The SMILES string of the molecule is CCOC(=O)[C@H](CCc1ccccc1)N[C@@H](CCCCNC(=O)C(F)(F)F)C(=O)N1CCC[C@H]1C(=O)O. The Morgan fingerprint density at radius 2 is 1.81 bits per heavy atom. The van der Waals surface area contributed by atoms with Crippen LogP contribution in [0.4, 0.5) is 13.2 Å². The molecule has 2 rings (SSSR count). The highest BCUT2D eigenvalue weighted by Crippen LogP contribution is 2.21. The Labute approximate surface area is 213 Å². The van der Waals surface area contributed by atoms with Crippen molar-refractivity contribution in [2.24, 2.45) is 0 Å². The maximum absolute atomic E-state index is 13.4. The number of carboxylic acid groups (broad SMARTS) is 1. The lowest BCUT2D eigenvalue weighted by Gasteiger charge is -2.30. The Balaban J connectivity index is 2.11. The zero-order valence-electron chi connectivity index (χ0n) is 20.8. The molecule has 0 saturated carbocycles. The number of unbranched alkanes of at least 4 members (excludes halogenated alkanes) is 1. The first-order chi connectivity index (χ1) is 17.5. The van der Waals surface area contributed by atoms with Crippen molar-refractivity contribution >= 4 is 23.8 Å². The van der Waals surface area contributed by atoms with E-state index < -0.39 is 48.1 Å². The van der Waals surface area contributed by atoms with Gasteiger partial charge in [-0.05, 0) is 57.4 Å². The van der Waals surface area contributed by atoms with Gasteiger partial charge < -0.3 is 20.1 Å². The highest BCUT2D eigenvalue weighted by atomic mass is 19.4. The van der Waals surface area contributed by atoms with Crippen LogP contribution in [0.1, 0.15) is 51.0 Å². The van der Waals surface area contributed by atoms with Crippen LogP contribution in [0, 0.1) is 0 Å². The maximum Gasteiger partial charge on any atom is 0.471 e. The Bertz CT molecular complexity index is 913. The number of hydrogen-bond acceptors (Lipinski definition) is 6. The number of aryl methyl sites for hydroxylation is 1. The van der Waals surface area contributed by atoms with E-state index in [0.29, 0.717) is 25.7 Å². The summed E-state index contributed by atoms with van der Waals surface area (Å²) >= 11 is 0. The van der Waals surface area contributed by atoms with E-state index in [2.05, 4.69) is 5.32 Å². The summed E-state index contributed by atoms with van der Waals surface area (Å²) in [4.78, 5) is 50.0. The largest absolute Gasteiger partial charge is 0.480 e. The molecule has 3 atom stereocenters. The molecule has 0 aliphatic carbocycles. The second-order valence-electron chi connectivity index (χ2n) is 8.83. The zero-order valence-corrected chi connectivity index (χ0v) is 20.8. The van der Waals surface area contributed by atoms with E-state index in [1.165, 1.54) is 4.90 Å². The van der Waals surface area contributed by atoms with Crippen molar-refractivity contribution in [3.63, 3.8) is 0 Å². The smallest absolute Gasteiger partial charge is 0.471 e. The van der Waals surface area contributed by atoms with Crippen LogP contribution >= 0.6 is 0 Å². The molecule has 0 spiro atoms. The molecule has 1 aromatic rings. The van der Waals surface area contributed by atoms with Crippen molar-refractivity contribution in [1.82, 2.24) is 15.5 Å². The Morgan fingerprint density at radius 1 is 1.11 bits per heavy atom. The molecule has 3 N–H and O–H groups in total. The number of halogens is 3. The third-order valence-electron chi connectivity index (χ3n) is 6.12. The number of alkyl halides is 3. The van der Waals surface area contributed by atoms with Gasteiger partial charge in [0.1, 0.15) is 12.1 Å². The lowest BCUT2D eigenvalue weighted by molar-refractivity contribution is -0.173. The average molecular weight is 530 g/mol. The molecule has 1 aliphatic rings. The second kappa shape index (κ2) is 14.6. The monoisotopic (exact) mass is 529 g/mol. The fraction of sp³-hybridized carbons (Fsp3) is 0.600. The highest BCUT2D eigenvalue weighted by Gasteiger charge is 2.39. The minimum Gasteiger partial charge on any atom is -0.480 e. The minimum atomic E-state index is -4.98. The van der Waals surface area contributed by atoms with Crippen molar-refractivity contribution in [3.05, 3.63) is 35.9 Å². The Morgan fingerprint density at radius 3 is 2.43 bits per heavy atom. The van der Waals surface area contributed by atoms with Gasteiger partial charge in [-0.3, -0.25) is 19.7 Å². The molecule has 0 aromatic heterocycles. The van der Waals surface area contributed by atoms with Gasteiger partial charge in [0.05, 0.1) is 12.6 Å². The van der Waals surface area contributed by atoms with Crippen LogP contribution in [0.25, 0.3) is 0 Å². The van der Waals surface area contributed by atoms with Crippen molar-refractivity contribution in [2.45, 2.75) is 76.2 Å². The van der Waals surface area contributed by atoms with Gasteiger partial charge in [0.2, 0.25) is 5.91 Å². The number of benzene rings is 1. The van der Waals surface area contributed by atoms with Crippen molar-refractivity contribution in [1.29, 1.82) is 0 Å². The summed E-state index contributed by atoms with van der Waals surface area (Å²) in [6, 6.07) is 6.62. The van der Waals surface area contributed by atoms with Gasteiger partial charge in [0.15, 0.2) is 0 Å². The molecular formula is C25H34F3N3O6. The average Bonchev–Trinajstić information content (AvgIpc) is 3.35. The second-order valence-corrected chi connectivity index (χ2v) is 8.83. The number of rotatable bonds is 14. The topological polar surface area (TPSA) is 125 Å². The van der Waals surface area contributed by atoms with Crippen molar-refractivity contribution < 1.29 is 42.2 Å². The lowest BCUT2D eigenvalue weighted by atomic mass is 10.0. The number of hydrogen-bond donors (Lipinski definition) is 3. The highest BCUT2D eigenvalue weighted by molar-refractivity contribution is 5.88. The number of ether oxygens (including phenoxy) is 1. The molecular weight excluding hydrogens is 495 g/mol. The summed E-state index contributed by atoms with van der Waals surface area (Å²) in [5, 5.41) is 14.3. The number of carbonyl (C=O) groups is 4. The maximum atomic E-state index is 13.4. The summed E-state index contributed by atoms with van der Waals surface area (Å²) in [6.07, 6.45) is -2.77. The number of carbonyl (C=O) groups excluding carboxylic acids is 3. The minimum absolute atomic E-state index is 0.130. The first kappa shape index (κ1) is 30.1. The molecule has 1 aliphatic heterocycles. The van der Waals surface area contributed by atoms with Crippen LogP contribution in [0.3, 0.4) is 0 Å². The molecule has 0 unspecified atom stereocenters. The molecule has 12 heteroatoms. The van der Waals surface area contributed by atoms with Gasteiger partial charge in [0.25, 0.3) is 0 Å². The number of nitrogens with one attached hydrogen (secondary N) is 2. The molecule has 1 saturated heterocycles. The van der Waals surface area contributed by atoms with Crippen LogP contribution in [0.5, 0.6) is 0 Å². The molecule has 9 nitrogen and oxygen atoms in total. The predicted molar refractivity (Wildman–Crippen MR) is 127 cm³/mol. The van der Waals surface area contributed by atoms with Crippen LogP contribution in [0.15, 0.2) is 30.3 Å². The van der Waals surface area contributed by atoms with E-state index in [9.17, 15) is 37.5 Å². The quantitative estimate of drug-likeness (QED) is 0.250. The van der Waals surface area contributed by atoms with Crippen molar-refractivity contribution in [2.75, 3.05) is 19.7 Å².